The summed E-state index contributed by atoms with van der Waals surface area (Å²) in [5.41, 5.74) is 9.79. The summed E-state index contributed by atoms with van der Waals surface area (Å²) in [6, 6.07) is 9.99. The van der Waals surface area contributed by atoms with E-state index in [0.717, 1.165) is 27.5 Å². The fraction of sp³-hybridized carbons (Fsp3) is 0.133. The van der Waals surface area contributed by atoms with Crippen LogP contribution in [0.25, 0.3) is 22.1 Å². The molecule has 0 fully saturated rings. The van der Waals surface area contributed by atoms with Crippen molar-refractivity contribution in [2.75, 3.05) is 5.73 Å². The molecule has 0 radical (unpaired) electrons. The predicted molar refractivity (Wildman–Crippen MR) is 82.5 cm³/mol. The fourth-order valence-corrected chi connectivity index (χ4v) is 2.69. The maximum absolute atomic E-state index is 6.03. The number of hydrogen-bond donors (Lipinski definition) is 1. The van der Waals surface area contributed by atoms with Gasteiger partial charge in [-0.1, -0.05) is 30.3 Å². The van der Waals surface area contributed by atoms with E-state index in [0.29, 0.717) is 11.6 Å². The Kier molecular flexibility index (Phi) is 3.20. The van der Waals surface area contributed by atoms with Gasteiger partial charge in [-0.3, -0.25) is 0 Å². The molecule has 2 N–H and O–H groups in total. The molecule has 0 bridgehead atoms. The monoisotopic (exact) mass is 282 g/mol. The third-order valence-corrected chi connectivity index (χ3v) is 4.00. The second kappa shape index (κ2) is 5.02. The minimum Gasteiger partial charge on any atom is -0.383 e. The zero-order valence-electron chi connectivity index (χ0n) is 11.3. The highest BCUT2D eigenvalue weighted by Crippen LogP contribution is 2.28. The van der Waals surface area contributed by atoms with Gasteiger partial charge in [-0.2, -0.15) is 0 Å². The molecule has 0 aliphatic carbocycles. The smallest absolute Gasteiger partial charge is 0.191 e. The molecule has 2 heterocycles. The van der Waals surface area contributed by atoms with Crippen molar-refractivity contribution in [2.24, 2.45) is 0 Å². The molecule has 5 heteroatoms. The van der Waals surface area contributed by atoms with Crippen LogP contribution in [0, 0.1) is 13.8 Å². The number of aromatic nitrogens is 3. The molecule has 4 nitrogen and oxygen atoms in total. The van der Waals surface area contributed by atoms with E-state index in [2.05, 4.69) is 15.0 Å². The summed E-state index contributed by atoms with van der Waals surface area (Å²) in [5, 5.41) is 2.78. The van der Waals surface area contributed by atoms with Crippen LogP contribution in [0.1, 0.15) is 11.3 Å². The molecule has 0 amide bonds. The first-order valence-electron chi connectivity index (χ1n) is 6.27. The van der Waals surface area contributed by atoms with E-state index in [4.69, 9.17) is 5.73 Å². The molecule has 0 unspecified atom stereocenters. The first-order valence-corrected chi connectivity index (χ1v) is 7.15. The third-order valence-electron chi connectivity index (χ3n) is 3.04. The average Bonchev–Trinajstić information content (AvgIpc) is 2.89. The Labute approximate surface area is 121 Å². The fourth-order valence-electron chi connectivity index (χ4n) is 1.96. The van der Waals surface area contributed by atoms with Gasteiger partial charge < -0.3 is 5.73 Å². The molecule has 100 valence electrons. The molecular weight excluding hydrogens is 268 g/mol. The quantitative estimate of drug-likeness (QED) is 0.781. The normalized spacial score (nSPS) is 10.7. The van der Waals surface area contributed by atoms with Crippen molar-refractivity contribution in [1.29, 1.82) is 0 Å². The van der Waals surface area contributed by atoms with Crippen LogP contribution in [0.5, 0.6) is 0 Å². The van der Waals surface area contributed by atoms with E-state index in [1.165, 1.54) is 11.3 Å². The standard InChI is InChI=1S/C15H14N4S/c1-9-8-20-15(17-9)14-18-12(10(2)13(16)19-14)11-6-4-3-5-7-11/h3-8H,1-2H3,(H2,16,18,19). The number of thiazole rings is 1. The Morgan fingerprint density at radius 2 is 1.75 bits per heavy atom. The van der Waals surface area contributed by atoms with Crippen molar-refractivity contribution in [2.45, 2.75) is 13.8 Å². The summed E-state index contributed by atoms with van der Waals surface area (Å²) in [5.74, 6) is 1.09. The van der Waals surface area contributed by atoms with Crippen molar-refractivity contribution < 1.29 is 0 Å². The lowest BCUT2D eigenvalue weighted by atomic mass is 10.1. The summed E-state index contributed by atoms with van der Waals surface area (Å²) in [6.45, 7) is 3.89. The highest BCUT2D eigenvalue weighted by atomic mass is 32.1. The maximum Gasteiger partial charge on any atom is 0.191 e. The zero-order chi connectivity index (χ0) is 14.1. The van der Waals surface area contributed by atoms with Gasteiger partial charge in [-0.15, -0.1) is 11.3 Å². The topological polar surface area (TPSA) is 64.7 Å². The average molecular weight is 282 g/mol. The number of nitrogen functional groups attached to an aromatic ring is 1. The van der Waals surface area contributed by atoms with Gasteiger partial charge in [-0.05, 0) is 13.8 Å². The Balaban J connectivity index is 2.18. The van der Waals surface area contributed by atoms with Crippen LogP contribution < -0.4 is 5.73 Å². The highest BCUT2D eigenvalue weighted by molar-refractivity contribution is 7.13. The first-order chi connectivity index (χ1) is 9.65. The Hall–Kier alpha value is -2.27. The van der Waals surface area contributed by atoms with E-state index < -0.39 is 0 Å². The number of rotatable bonds is 2. The Morgan fingerprint density at radius 3 is 2.40 bits per heavy atom. The number of hydrogen-bond acceptors (Lipinski definition) is 5. The van der Waals surface area contributed by atoms with Crippen LogP contribution in [-0.4, -0.2) is 15.0 Å². The van der Waals surface area contributed by atoms with Crippen LogP contribution in [0.4, 0.5) is 5.82 Å². The van der Waals surface area contributed by atoms with Gasteiger partial charge in [0.2, 0.25) is 0 Å². The molecule has 0 aliphatic heterocycles. The number of anilines is 1. The van der Waals surface area contributed by atoms with Gasteiger partial charge in [0.25, 0.3) is 0 Å². The highest BCUT2D eigenvalue weighted by Gasteiger charge is 2.13. The van der Waals surface area contributed by atoms with Gasteiger partial charge in [-0.25, -0.2) is 15.0 Å². The molecule has 20 heavy (non-hydrogen) atoms. The predicted octanol–water partition coefficient (Wildman–Crippen LogP) is 3.47. The van der Waals surface area contributed by atoms with E-state index >= 15 is 0 Å². The van der Waals surface area contributed by atoms with Crippen molar-refractivity contribution in [3.8, 4) is 22.1 Å². The summed E-state index contributed by atoms with van der Waals surface area (Å²) < 4.78 is 0. The zero-order valence-corrected chi connectivity index (χ0v) is 12.1. The van der Waals surface area contributed by atoms with Gasteiger partial charge in [0, 0.05) is 22.2 Å². The van der Waals surface area contributed by atoms with Crippen molar-refractivity contribution in [1.82, 2.24) is 15.0 Å². The van der Waals surface area contributed by atoms with Crippen LogP contribution in [-0.2, 0) is 0 Å². The second-order valence-corrected chi connectivity index (χ2v) is 5.42. The lowest BCUT2D eigenvalue weighted by Crippen LogP contribution is -2.02. The van der Waals surface area contributed by atoms with E-state index in [9.17, 15) is 0 Å². The van der Waals surface area contributed by atoms with Crippen molar-refractivity contribution >= 4 is 17.2 Å². The van der Waals surface area contributed by atoms with Gasteiger partial charge >= 0.3 is 0 Å². The van der Waals surface area contributed by atoms with E-state index in [1.54, 1.807) is 0 Å². The maximum atomic E-state index is 6.03. The Morgan fingerprint density at radius 1 is 1.00 bits per heavy atom. The molecule has 0 atom stereocenters. The molecular formula is C15H14N4S. The number of nitrogens with two attached hydrogens (primary N) is 1. The lowest BCUT2D eigenvalue weighted by molar-refractivity contribution is 1.13. The summed E-state index contributed by atoms with van der Waals surface area (Å²) in [7, 11) is 0. The number of aryl methyl sites for hydroxylation is 1. The van der Waals surface area contributed by atoms with Crippen LogP contribution in [0.3, 0.4) is 0 Å². The molecule has 0 saturated heterocycles. The van der Waals surface area contributed by atoms with E-state index in [-0.39, 0.29) is 0 Å². The third kappa shape index (κ3) is 2.28. The van der Waals surface area contributed by atoms with E-state index in [1.807, 2.05) is 49.6 Å². The second-order valence-electron chi connectivity index (χ2n) is 4.57. The van der Waals surface area contributed by atoms with Gasteiger partial charge in [0.15, 0.2) is 10.8 Å². The van der Waals surface area contributed by atoms with Crippen LogP contribution in [0.2, 0.25) is 0 Å². The van der Waals surface area contributed by atoms with Crippen molar-refractivity contribution in [3.05, 3.63) is 47.0 Å². The summed E-state index contributed by atoms with van der Waals surface area (Å²) >= 11 is 1.53. The molecule has 2 aromatic heterocycles. The molecule has 3 aromatic rings. The molecule has 1 aromatic carbocycles. The van der Waals surface area contributed by atoms with Crippen molar-refractivity contribution in [3.63, 3.8) is 0 Å². The lowest BCUT2D eigenvalue weighted by Gasteiger charge is -2.09. The molecule has 0 spiro atoms. The number of benzene rings is 1. The SMILES string of the molecule is Cc1csc(-c2nc(N)c(C)c(-c3ccccc3)n2)n1. The largest absolute Gasteiger partial charge is 0.383 e. The minimum atomic E-state index is 0.502. The molecule has 0 aliphatic rings. The van der Waals surface area contributed by atoms with Gasteiger partial charge in [0.05, 0.1) is 5.69 Å². The molecule has 3 rings (SSSR count). The number of nitrogens with zero attached hydrogens (tertiary/aromatic N) is 3. The first kappa shape index (κ1) is 12.7. The minimum absolute atomic E-state index is 0.502. The van der Waals surface area contributed by atoms with Crippen LogP contribution >= 0.6 is 11.3 Å². The van der Waals surface area contributed by atoms with Crippen LogP contribution in [0.15, 0.2) is 35.7 Å². The summed E-state index contributed by atoms with van der Waals surface area (Å²) in [6.07, 6.45) is 0. The Bertz CT molecular complexity index is 750. The van der Waals surface area contributed by atoms with Gasteiger partial charge in [0.1, 0.15) is 5.82 Å². The molecule has 0 saturated carbocycles. The summed E-state index contributed by atoms with van der Waals surface area (Å²) in [4.78, 5) is 13.4.